The van der Waals surface area contributed by atoms with Crippen molar-refractivity contribution in [1.29, 1.82) is 0 Å². The molecule has 0 fully saturated rings. The highest BCUT2D eigenvalue weighted by Gasteiger charge is 2.30. The average Bonchev–Trinajstić information content (AvgIpc) is 2.16. The molecule has 0 aromatic carbocycles. The predicted octanol–water partition coefficient (Wildman–Crippen LogP) is 0.509. The molecule has 0 heterocycles. The summed E-state index contributed by atoms with van der Waals surface area (Å²) in [5.74, 6) is -2.04. The summed E-state index contributed by atoms with van der Waals surface area (Å²) in [5, 5.41) is 8.91. The van der Waals surface area contributed by atoms with Crippen molar-refractivity contribution in [3.05, 3.63) is 0 Å². The van der Waals surface area contributed by atoms with E-state index in [1.54, 1.807) is 6.92 Å². The fraction of sp³-hybridized carbons (Fsp3) is 0.727. The number of carbonyl (C=O) groups excluding carboxylic acids is 2. The minimum Gasteiger partial charge on any atom is -0.481 e. The maximum atomic E-state index is 11.6. The molecule has 0 radical (unpaired) electrons. The second-order valence-corrected chi connectivity index (χ2v) is 4.42. The number of carbonyl (C=O) groups is 3. The maximum Gasteiger partial charge on any atom is 0.315 e. The fourth-order valence-corrected chi connectivity index (χ4v) is 1.22. The standard InChI is InChI=1S/C11H19NO5/c1-5-17-9(14)6-8(13)12(4)7-11(2,3)10(15)16/h5-7H2,1-4H3,(H,15,16). The van der Waals surface area contributed by atoms with Crippen LogP contribution in [0.15, 0.2) is 0 Å². The average molecular weight is 245 g/mol. The SMILES string of the molecule is CCOC(=O)CC(=O)N(C)CC(C)(C)C(=O)O. The zero-order chi connectivity index (χ0) is 13.6. The Balaban J connectivity index is 4.33. The van der Waals surface area contributed by atoms with Gasteiger partial charge in [0.05, 0.1) is 12.0 Å². The summed E-state index contributed by atoms with van der Waals surface area (Å²) in [5.41, 5.74) is -1.04. The van der Waals surface area contributed by atoms with Crippen molar-refractivity contribution in [3.8, 4) is 0 Å². The smallest absolute Gasteiger partial charge is 0.315 e. The maximum absolute atomic E-state index is 11.6. The van der Waals surface area contributed by atoms with Crippen LogP contribution in [0.4, 0.5) is 0 Å². The molecule has 0 rings (SSSR count). The highest BCUT2D eigenvalue weighted by atomic mass is 16.5. The Bertz CT molecular complexity index is 311. The van der Waals surface area contributed by atoms with Crippen molar-refractivity contribution in [2.24, 2.45) is 5.41 Å². The summed E-state index contributed by atoms with van der Waals surface area (Å²) in [4.78, 5) is 34.7. The van der Waals surface area contributed by atoms with E-state index in [9.17, 15) is 14.4 Å². The zero-order valence-electron chi connectivity index (χ0n) is 10.6. The first-order chi connectivity index (χ1) is 7.70. The Kier molecular flexibility index (Phi) is 5.64. The van der Waals surface area contributed by atoms with Crippen LogP contribution in [0.5, 0.6) is 0 Å². The van der Waals surface area contributed by atoms with Crippen molar-refractivity contribution in [3.63, 3.8) is 0 Å². The van der Waals surface area contributed by atoms with Gasteiger partial charge in [-0.15, -0.1) is 0 Å². The van der Waals surface area contributed by atoms with E-state index in [2.05, 4.69) is 4.74 Å². The van der Waals surface area contributed by atoms with E-state index in [1.165, 1.54) is 25.8 Å². The van der Waals surface area contributed by atoms with Gasteiger partial charge in [0, 0.05) is 13.6 Å². The second kappa shape index (κ2) is 6.22. The summed E-state index contributed by atoms with van der Waals surface area (Å²) in [6.07, 6.45) is -0.361. The molecular formula is C11H19NO5. The quantitative estimate of drug-likeness (QED) is 0.544. The van der Waals surface area contributed by atoms with Crippen LogP contribution in [0.2, 0.25) is 0 Å². The number of amides is 1. The van der Waals surface area contributed by atoms with Crippen LogP contribution < -0.4 is 0 Å². The summed E-state index contributed by atoms with van der Waals surface area (Å²) >= 11 is 0. The van der Waals surface area contributed by atoms with Crippen molar-refractivity contribution < 1.29 is 24.2 Å². The molecule has 98 valence electrons. The minimum absolute atomic E-state index is 0.0422. The van der Waals surface area contributed by atoms with Gasteiger partial charge in [0.15, 0.2) is 0 Å². The first kappa shape index (κ1) is 15.4. The minimum atomic E-state index is -1.04. The van der Waals surface area contributed by atoms with Gasteiger partial charge in [0.2, 0.25) is 5.91 Å². The van der Waals surface area contributed by atoms with Gasteiger partial charge in [0.1, 0.15) is 6.42 Å². The van der Waals surface area contributed by atoms with Gasteiger partial charge >= 0.3 is 11.9 Å². The third-order valence-corrected chi connectivity index (χ3v) is 2.24. The molecule has 6 nitrogen and oxygen atoms in total. The van der Waals surface area contributed by atoms with Crippen molar-refractivity contribution >= 4 is 17.8 Å². The number of hydrogen-bond donors (Lipinski definition) is 1. The highest BCUT2D eigenvalue weighted by molar-refractivity contribution is 5.94. The number of hydrogen-bond acceptors (Lipinski definition) is 4. The Labute approximate surface area is 101 Å². The summed E-state index contributed by atoms with van der Waals surface area (Å²) in [6.45, 7) is 4.95. The number of carboxylic acids is 1. The van der Waals surface area contributed by atoms with E-state index in [0.29, 0.717) is 0 Å². The third-order valence-electron chi connectivity index (χ3n) is 2.24. The van der Waals surface area contributed by atoms with E-state index < -0.39 is 23.3 Å². The second-order valence-electron chi connectivity index (χ2n) is 4.42. The van der Waals surface area contributed by atoms with Crippen molar-refractivity contribution in [1.82, 2.24) is 4.90 Å². The van der Waals surface area contributed by atoms with Gasteiger partial charge < -0.3 is 14.7 Å². The molecule has 0 aliphatic heterocycles. The Morgan fingerprint density at radius 3 is 2.24 bits per heavy atom. The van der Waals surface area contributed by atoms with Gasteiger partial charge in [-0.3, -0.25) is 14.4 Å². The molecule has 0 aliphatic carbocycles. The van der Waals surface area contributed by atoms with E-state index >= 15 is 0 Å². The molecule has 0 atom stereocenters. The van der Waals surface area contributed by atoms with Crippen LogP contribution >= 0.6 is 0 Å². The first-order valence-corrected chi connectivity index (χ1v) is 5.33. The number of nitrogens with zero attached hydrogens (tertiary/aromatic N) is 1. The van der Waals surface area contributed by atoms with Crippen molar-refractivity contribution in [2.75, 3.05) is 20.2 Å². The van der Waals surface area contributed by atoms with E-state index in [4.69, 9.17) is 5.11 Å². The molecule has 0 aliphatic rings. The number of ether oxygens (including phenoxy) is 1. The Morgan fingerprint density at radius 1 is 1.29 bits per heavy atom. The van der Waals surface area contributed by atoms with Crippen LogP contribution in [0.1, 0.15) is 27.2 Å². The third kappa shape index (κ3) is 5.33. The molecule has 6 heteroatoms. The summed E-state index contributed by atoms with van der Waals surface area (Å²) in [7, 11) is 1.46. The lowest BCUT2D eigenvalue weighted by molar-refractivity contribution is -0.150. The highest BCUT2D eigenvalue weighted by Crippen LogP contribution is 2.16. The molecule has 17 heavy (non-hydrogen) atoms. The van der Waals surface area contributed by atoms with Gasteiger partial charge in [-0.25, -0.2) is 0 Å². The van der Waals surface area contributed by atoms with E-state index in [1.807, 2.05) is 0 Å². The lowest BCUT2D eigenvalue weighted by Crippen LogP contribution is -2.40. The fourth-order valence-electron chi connectivity index (χ4n) is 1.22. The van der Waals surface area contributed by atoms with Gasteiger partial charge in [-0.05, 0) is 20.8 Å². The van der Waals surface area contributed by atoms with E-state index in [-0.39, 0.29) is 19.6 Å². The lowest BCUT2D eigenvalue weighted by Gasteiger charge is -2.26. The van der Waals surface area contributed by atoms with Crippen LogP contribution in [0, 0.1) is 5.41 Å². The molecule has 0 unspecified atom stereocenters. The van der Waals surface area contributed by atoms with Crippen molar-refractivity contribution in [2.45, 2.75) is 27.2 Å². The first-order valence-electron chi connectivity index (χ1n) is 5.33. The number of aliphatic carboxylic acids is 1. The monoisotopic (exact) mass is 245 g/mol. The number of esters is 1. The molecule has 0 saturated heterocycles. The van der Waals surface area contributed by atoms with Crippen LogP contribution in [-0.4, -0.2) is 48.1 Å². The van der Waals surface area contributed by atoms with Crippen LogP contribution in [0.25, 0.3) is 0 Å². The van der Waals surface area contributed by atoms with Gasteiger partial charge in [0.25, 0.3) is 0 Å². The van der Waals surface area contributed by atoms with Gasteiger partial charge in [-0.1, -0.05) is 0 Å². The topological polar surface area (TPSA) is 83.9 Å². The molecule has 0 aromatic heterocycles. The molecule has 0 bridgehead atoms. The molecule has 1 N–H and O–H groups in total. The number of carboxylic acid groups (broad SMARTS) is 1. The predicted molar refractivity (Wildman–Crippen MR) is 60.3 cm³/mol. The zero-order valence-corrected chi connectivity index (χ0v) is 10.6. The summed E-state index contributed by atoms with van der Waals surface area (Å²) in [6, 6.07) is 0. The lowest BCUT2D eigenvalue weighted by atomic mass is 9.93. The Morgan fingerprint density at radius 2 is 1.82 bits per heavy atom. The largest absolute Gasteiger partial charge is 0.481 e. The molecule has 0 aromatic rings. The molecular weight excluding hydrogens is 226 g/mol. The van der Waals surface area contributed by atoms with Crippen LogP contribution in [-0.2, 0) is 19.1 Å². The molecule has 0 saturated carbocycles. The number of rotatable bonds is 6. The normalized spacial score (nSPS) is 10.8. The molecule has 1 amide bonds. The summed E-state index contributed by atoms with van der Waals surface area (Å²) < 4.78 is 4.64. The Hall–Kier alpha value is -1.59. The van der Waals surface area contributed by atoms with Gasteiger partial charge in [-0.2, -0.15) is 0 Å². The molecule has 0 spiro atoms. The van der Waals surface area contributed by atoms with E-state index in [0.717, 1.165) is 0 Å². The van der Waals surface area contributed by atoms with Crippen LogP contribution in [0.3, 0.4) is 0 Å².